The molecule has 1 N–H and O–H groups in total. The molecule has 1 heterocycles. The van der Waals surface area contributed by atoms with Crippen molar-refractivity contribution in [3.05, 3.63) is 66.9 Å². The Bertz CT molecular complexity index is 786. The molecular weight excluding hydrogens is 329 g/mol. The second-order valence-electron chi connectivity index (χ2n) is 4.93. The standard InChI is InChI=1S/C15H10FNO.C3H6O2S/c16-12-7-5-11(6-8-12)13-3-1-2-4-14(13)15-9-17-10-18-15;1-2(6)3(4)5/h1-10H;2,6H,1H3,(H,4,5). The Balaban J connectivity index is 0.000000301. The molecule has 1 unspecified atom stereocenters. The molecule has 124 valence electrons. The van der Waals surface area contributed by atoms with E-state index in [2.05, 4.69) is 17.6 Å². The molecule has 4 nitrogen and oxygen atoms in total. The monoisotopic (exact) mass is 345 g/mol. The Morgan fingerprint density at radius 2 is 1.75 bits per heavy atom. The van der Waals surface area contributed by atoms with Gasteiger partial charge in [-0.25, -0.2) is 9.37 Å². The van der Waals surface area contributed by atoms with E-state index in [-0.39, 0.29) is 5.82 Å². The number of aliphatic carboxylic acids is 1. The van der Waals surface area contributed by atoms with Crippen LogP contribution in [-0.2, 0) is 4.79 Å². The van der Waals surface area contributed by atoms with Gasteiger partial charge in [0.05, 0.1) is 11.4 Å². The van der Waals surface area contributed by atoms with Gasteiger partial charge < -0.3 is 9.52 Å². The zero-order valence-corrected chi connectivity index (χ0v) is 13.8. The Hall–Kier alpha value is -2.60. The molecule has 3 rings (SSSR count). The molecular formula is C18H16FNO3S. The highest BCUT2D eigenvalue weighted by molar-refractivity contribution is 7.81. The lowest BCUT2D eigenvalue weighted by molar-refractivity contribution is -0.136. The van der Waals surface area contributed by atoms with Crippen molar-refractivity contribution in [2.45, 2.75) is 12.2 Å². The molecule has 24 heavy (non-hydrogen) atoms. The number of aromatic nitrogens is 1. The zero-order chi connectivity index (χ0) is 17.5. The van der Waals surface area contributed by atoms with E-state index in [4.69, 9.17) is 9.52 Å². The molecule has 6 heteroatoms. The summed E-state index contributed by atoms with van der Waals surface area (Å²) in [7, 11) is 0. The minimum atomic E-state index is -0.877. The van der Waals surface area contributed by atoms with Crippen molar-refractivity contribution in [2.24, 2.45) is 0 Å². The van der Waals surface area contributed by atoms with E-state index in [1.807, 2.05) is 24.3 Å². The number of hydrogen-bond acceptors (Lipinski definition) is 4. The van der Waals surface area contributed by atoms with Gasteiger partial charge in [0, 0.05) is 5.56 Å². The number of benzene rings is 2. The first-order chi connectivity index (χ1) is 11.5. The van der Waals surface area contributed by atoms with Crippen LogP contribution in [0, 0.1) is 5.82 Å². The third-order valence-corrected chi connectivity index (χ3v) is 3.36. The Morgan fingerprint density at radius 3 is 2.25 bits per heavy atom. The minimum Gasteiger partial charge on any atom is -0.480 e. The molecule has 0 aliphatic rings. The largest absolute Gasteiger partial charge is 0.480 e. The number of carboxylic acid groups (broad SMARTS) is 1. The van der Waals surface area contributed by atoms with Crippen LogP contribution in [0.25, 0.3) is 22.5 Å². The van der Waals surface area contributed by atoms with Crippen molar-refractivity contribution in [2.75, 3.05) is 0 Å². The van der Waals surface area contributed by atoms with E-state index in [9.17, 15) is 9.18 Å². The number of hydrogen-bond donors (Lipinski definition) is 2. The molecule has 0 saturated heterocycles. The smallest absolute Gasteiger partial charge is 0.316 e. The van der Waals surface area contributed by atoms with Gasteiger partial charge in [-0.3, -0.25) is 4.79 Å². The van der Waals surface area contributed by atoms with E-state index in [0.717, 1.165) is 16.7 Å². The summed E-state index contributed by atoms with van der Waals surface area (Å²) < 4.78 is 18.3. The first-order valence-corrected chi connectivity index (χ1v) is 7.65. The first kappa shape index (κ1) is 17.7. The Morgan fingerprint density at radius 1 is 1.17 bits per heavy atom. The van der Waals surface area contributed by atoms with E-state index in [1.54, 1.807) is 18.3 Å². The molecule has 1 aromatic heterocycles. The van der Waals surface area contributed by atoms with E-state index >= 15 is 0 Å². The third-order valence-electron chi connectivity index (χ3n) is 3.14. The number of oxazole rings is 1. The van der Waals surface area contributed by atoms with Crippen molar-refractivity contribution in [3.8, 4) is 22.5 Å². The average Bonchev–Trinajstić information content (AvgIpc) is 3.10. The molecule has 2 aromatic carbocycles. The van der Waals surface area contributed by atoms with Crippen molar-refractivity contribution in [3.63, 3.8) is 0 Å². The van der Waals surface area contributed by atoms with Gasteiger partial charge in [0.15, 0.2) is 12.2 Å². The molecule has 0 aliphatic heterocycles. The number of carboxylic acids is 1. The highest BCUT2D eigenvalue weighted by Gasteiger charge is 2.09. The van der Waals surface area contributed by atoms with E-state index in [0.29, 0.717) is 5.76 Å². The van der Waals surface area contributed by atoms with Crippen molar-refractivity contribution >= 4 is 18.6 Å². The van der Waals surface area contributed by atoms with Crippen LogP contribution in [0.2, 0.25) is 0 Å². The van der Waals surface area contributed by atoms with Crippen molar-refractivity contribution < 1.29 is 18.7 Å². The van der Waals surface area contributed by atoms with Gasteiger partial charge in [0.2, 0.25) is 0 Å². The predicted octanol–water partition coefficient (Wildman–Crippen LogP) is 4.54. The number of thiol groups is 1. The molecule has 0 saturated carbocycles. The van der Waals surface area contributed by atoms with Crippen LogP contribution in [0.1, 0.15) is 6.92 Å². The number of nitrogens with zero attached hydrogens (tertiary/aromatic N) is 1. The molecule has 1 atom stereocenters. The molecule has 0 radical (unpaired) electrons. The highest BCUT2D eigenvalue weighted by Crippen LogP contribution is 2.31. The second kappa shape index (κ2) is 8.31. The minimum absolute atomic E-state index is 0.240. The van der Waals surface area contributed by atoms with Crippen LogP contribution >= 0.6 is 12.6 Å². The summed E-state index contributed by atoms with van der Waals surface area (Å²) in [5, 5.41) is 7.38. The Kier molecular flexibility index (Phi) is 6.14. The van der Waals surface area contributed by atoms with E-state index < -0.39 is 11.2 Å². The summed E-state index contributed by atoms with van der Waals surface area (Å²) in [5.74, 6) is -0.413. The molecule has 0 spiro atoms. The normalized spacial score (nSPS) is 11.3. The summed E-state index contributed by atoms with van der Waals surface area (Å²) in [6.07, 6.45) is 3.07. The maximum Gasteiger partial charge on any atom is 0.316 e. The lowest BCUT2D eigenvalue weighted by Crippen LogP contribution is -2.06. The fraction of sp³-hybridized carbons (Fsp3) is 0.111. The summed E-state index contributed by atoms with van der Waals surface area (Å²) >= 11 is 3.59. The van der Waals surface area contributed by atoms with Crippen LogP contribution in [-0.4, -0.2) is 21.3 Å². The highest BCUT2D eigenvalue weighted by atomic mass is 32.1. The summed E-state index contributed by atoms with van der Waals surface area (Å²) in [6, 6.07) is 14.2. The van der Waals surface area contributed by atoms with Crippen LogP contribution < -0.4 is 0 Å². The SMILES string of the molecule is CC(S)C(=O)O.Fc1ccc(-c2ccccc2-c2cnco2)cc1. The fourth-order valence-electron chi connectivity index (χ4n) is 1.93. The third kappa shape index (κ3) is 4.70. The molecule has 3 aromatic rings. The summed E-state index contributed by atoms with van der Waals surface area (Å²) in [6.45, 7) is 1.51. The van der Waals surface area contributed by atoms with Crippen LogP contribution in [0.4, 0.5) is 4.39 Å². The maximum atomic E-state index is 12.9. The lowest BCUT2D eigenvalue weighted by Gasteiger charge is -2.07. The number of carbonyl (C=O) groups is 1. The quantitative estimate of drug-likeness (QED) is 0.684. The van der Waals surface area contributed by atoms with Gasteiger partial charge in [0.25, 0.3) is 0 Å². The van der Waals surface area contributed by atoms with Crippen molar-refractivity contribution in [1.82, 2.24) is 4.98 Å². The Labute approximate surface area is 144 Å². The predicted molar refractivity (Wildman–Crippen MR) is 93.4 cm³/mol. The molecule has 0 fully saturated rings. The fourth-order valence-corrected chi connectivity index (χ4v) is 1.93. The molecule has 0 amide bonds. The van der Waals surface area contributed by atoms with Crippen molar-refractivity contribution in [1.29, 1.82) is 0 Å². The van der Waals surface area contributed by atoms with E-state index in [1.165, 1.54) is 25.5 Å². The van der Waals surface area contributed by atoms with Gasteiger partial charge in [0.1, 0.15) is 5.82 Å². The van der Waals surface area contributed by atoms with Gasteiger partial charge >= 0.3 is 5.97 Å². The van der Waals surface area contributed by atoms with Gasteiger partial charge in [-0.2, -0.15) is 12.6 Å². The van der Waals surface area contributed by atoms with Crippen LogP contribution in [0.3, 0.4) is 0 Å². The molecule has 0 aliphatic carbocycles. The maximum absolute atomic E-state index is 12.9. The number of rotatable bonds is 3. The van der Waals surface area contributed by atoms with Gasteiger partial charge in [-0.15, -0.1) is 0 Å². The van der Waals surface area contributed by atoms with Gasteiger partial charge in [-0.1, -0.05) is 36.4 Å². The first-order valence-electron chi connectivity index (χ1n) is 7.13. The lowest BCUT2D eigenvalue weighted by atomic mass is 9.98. The molecule has 0 bridgehead atoms. The summed E-state index contributed by atoms with van der Waals surface area (Å²) in [4.78, 5) is 13.5. The average molecular weight is 345 g/mol. The second-order valence-corrected chi connectivity index (χ2v) is 5.71. The number of halogens is 1. The van der Waals surface area contributed by atoms with Crippen LogP contribution in [0.5, 0.6) is 0 Å². The zero-order valence-electron chi connectivity index (χ0n) is 12.9. The summed E-state index contributed by atoms with van der Waals surface area (Å²) in [5.41, 5.74) is 2.89. The topological polar surface area (TPSA) is 63.3 Å². The van der Waals surface area contributed by atoms with Gasteiger partial charge in [-0.05, 0) is 30.2 Å². The van der Waals surface area contributed by atoms with Crippen LogP contribution in [0.15, 0.2) is 65.5 Å².